The summed E-state index contributed by atoms with van der Waals surface area (Å²) in [6.07, 6.45) is 0. The average Bonchev–Trinajstić information content (AvgIpc) is 2.45. The molecule has 0 saturated carbocycles. The van der Waals surface area contributed by atoms with E-state index in [1.165, 1.54) is 33.5 Å². The lowest BCUT2D eigenvalue weighted by molar-refractivity contribution is -0.140. The topological polar surface area (TPSA) is 94.1 Å². The molecule has 1 unspecified atom stereocenters. The molecule has 1 aromatic carbocycles. The van der Waals surface area contributed by atoms with Gasteiger partial charge in [-0.05, 0) is 18.2 Å². The molecule has 20 heavy (non-hydrogen) atoms. The average molecular weight is 283 g/mol. The number of aliphatic carboxylic acids is 1. The minimum absolute atomic E-state index is 0.117. The smallest absolute Gasteiger partial charge is 0.328 e. The van der Waals surface area contributed by atoms with Crippen molar-refractivity contribution in [2.45, 2.75) is 6.04 Å². The molecule has 0 heterocycles. The Kier molecular flexibility index (Phi) is 5.79. The third-order valence-corrected chi connectivity index (χ3v) is 2.58. The summed E-state index contributed by atoms with van der Waals surface area (Å²) >= 11 is 0. The highest BCUT2D eigenvalue weighted by molar-refractivity contribution is 5.97. The molecule has 0 bridgehead atoms. The normalized spacial score (nSPS) is 11.6. The number of carbonyl (C=O) groups is 2. The fraction of sp³-hybridized carbons (Fsp3) is 0.385. The van der Waals surface area contributed by atoms with Crippen LogP contribution in [-0.2, 0) is 9.53 Å². The second kappa shape index (κ2) is 7.34. The maximum Gasteiger partial charge on any atom is 0.328 e. The third kappa shape index (κ3) is 3.86. The molecule has 1 rings (SSSR count). The Morgan fingerprint density at radius 2 is 1.85 bits per heavy atom. The minimum Gasteiger partial charge on any atom is -0.493 e. The first-order chi connectivity index (χ1) is 9.53. The van der Waals surface area contributed by atoms with E-state index in [0.29, 0.717) is 11.5 Å². The zero-order chi connectivity index (χ0) is 15.1. The maximum absolute atomic E-state index is 12.0. The van der Waals surface area contributed by atoms with E-state index in [1.54, 1.807) is 6.07 Å². The van der Waals surface area contributed by atoms with Crippen molar-refractivity contribution < 1.29 is 28.9 Å². The van der Waals surface area contributed by atoms with Crippen LogP contribution < -0.4 is 14.8 Å². The van der Waals surface area contributed by atoms with Gasteiger partial charge in [0.05, 0.1) is 20.8 Å². The molecule has 0 aliphatic rings. The van der Waals surface area contributed by atoms with E-state index in [1.807, 2.05) is 0 Å². The second-order valence-electron chi connectivity index (χ2n) is 3.89. The van der Waals surface area contributed by atoms with Crippen LogP contribution in [0, 0.1) is 0 Å². The lowest BCUT2D eigenvalue weighted by Gasteiger charge is -2.14. The summed E-state index contributed by atoms with van der Waals surface area (Å²) in [5.41, 5.74) is 0.269. The number of nitrogens with one attached hydrogen (secondary N) is 1. The highest BCUT2D eigenvalue weighted by atomic mass is 16.5. The summed E-state index contributed by atoms with van der Waals surface area (Å²) in [6.45, 7) is -0.117. The molecule has 1 aromatic rings. The summed E-state index contributed by atoms with van der Waals surface area (Å²) in [7, 11) is 4.29. The van der Waals surface area contributed by atoms with Gasteiger partial charge in [0.15, 0.2) is 17.5 Å². The number of carbonyl (C=O) groups excluding carboxylic acids is 1. The largest absolute Gasteiger partial charge is 0.493 e. The molecule has 0 fully saturated rings. The lowest BCUT2D eigenvalue weighted by Crippen LogP contribution is -2.43. The van der Waals surface area contributed by atoms with E-state index in [0.717, 1.165) is 0 Å². The molecule has 7 nitrogen and oxygen atoms in total. The molecule has 0 saturated heterocycles. The van der Waals surface area contributed by atoms with Crippen molar-refractivity contribution in [2.75, 3.05) is 27.9 Å². The molecule has 110 valence electrons. The maximum atomic E-state index is 12.0. The molecule has 1 atom stereocenters. The Morgan fingerprint density at radius 1 is 1.20 bits per heavy atom. The molecule has 0 aromatic heterocycles. The van der Waals surface area contributed by atoms with Gasteiger partial charge in [-0.1, -0.05) is 0 Å². The van der Waals surface area contributed by atoms with Gasteiger partial charge < -0.3 is 24.6 Å². The number of rotatable bonds is 7. The van der Waals surface area contributed by atoms with Crippen LogP contribution in [0.2, 0.25) is 0 Å². The van der Waals surface area contributed by atoms with Crippen LogP contribution in [0.25, 0.3) is 0 Å². The van der Waals surface area contributed by atoms with Gasteiger partial charge in [0.25, 0.3) is 5.91 Å². The highest BCUT2D eigenvalue weighted by Crippen LogP contribution is 2.27. The monoisotopic (exact) mass is 283 g/mol. The highest BCUT2D eigenvalue weighted by Gasteiger charge is 2.21. The van der Waals surface area contributed by atoms with E-state index in [-0.39, 0.29) is 12.2 Å². The Balaban J connectivity index is 2.89. The van der Waals surface area contributed by atoms with Crippen LogP contribution in [0.3, 0.4) is 0 Å². The lowest BCUT2D eigenvalue weighted by atomic mass is 10.1. The van der Waals surface area contributed by atoms with Crippen molar-refractivity contribution in [3.63, 3.8) is 0 Å². The van der Waals surface area contributed by atoms with E-state index in [4.69, 9.17) is 19.3 Å². The molecule has 1 amide bonds. The summed E-state index contributed by atoms with van der Waals surface area (Å²) in [5, 5.41) is 11.3. The van der Waals surface area contributed by atoms with Gasteiger partial charge in [-0.3, -0.25) is 4.79 Å². The fourth-order valence-corrected chi connectivity index (χ4v) is 1.56. The fourth-order valence-electron chi connectivity index (χ4n) is 1.56. The van der Waals surface area contributed by atoms with Crippen LogP contribution in [0.15, 0.2) is 18.2 Å². The number of ether oxygens (including phenoxy) is 3. The number of benzene rings is 1. The minimum atomic E-state index is -1.17. The van der Waals surface area contributed by atoms with Crippen LogP contribution in [0.4, 0.5) is 0 Å². The van der Waals surface area contributed by atoms with Crippen molar-refractivity contribution in [1.29, 1.82) is 0 Å². The number of amides is 1. The number of hydrogen-bond donors (Lipinski definition) is 2. The van der Waals surface area contributed by atoms with Crippen molar-refractivity contribution in [1.82, 2.24) is 5.32 Å². The predicted molar refractivity (Wildman–Crippen MR) is 70.3 cm³/mol. The Bertz CT molecular complexity index is 488. The van der Waals surface area contributed by atoms with Crippen molar-refractivity contribution >= 4 is 11.9 Å². The summed E-state index contributed by atoms with van der Waals surface area (Å²) < 4.78 is 14.9. The van der Waals surface area contributed by atoms with E-state index in [2.05, 4.69) is 5.32 Å². The van der Waals surface area contributed by atoms with Gasteiger partial charge in [-0.15, -0.1) is 0 Å². The van der Waals surface area contributed by atoms with E-state index >= 15 is 0 Å². The summed E-state index contributed by atoms with van der Waals surface area (Å²) in [5.74, 6) is -0.828. The second-order valence-corrected chi connectivity index (χ2v) is 3.89. The Labute approximate surface area is 116 Å². The quantitative estimate of drug-likeness (QED) is 0.758. The standard InChI is InChI=1S/C13H17NO6/c1-18-7-9(13(16)17)14-12(15)8-4-5-10(19-2)11(6-8)20-3/h4-6,9H,7H2,1-3H3,(H,14,15)(H,16,17). The molecular formula is C13H17NO6. The number of methoxy groups -OCH3 is 3. The first-order valence-electron chi connectivity index (χ1n) is 5.78. The van der Waals surface area contributed by atoms with E-state index < -0.39 is 17.9 Å². The molecule has 0 aliphatic heterocycles. The molecule has 7 heteroatoms. The molecule has 2 N–H and O–H groups in total. The van der Waals surface area contributed by atoms with Crippen LogP contribution in [-0.4, -0.2) is 51.0 Å². The van der Waals surface area contributed by atoms with Crippen LogP contribution in [0.5, 0.6) is 11.5 Å². The predicted octanol–water partition coefficient (Wildman–Crippen LogP) is 0.533. The van der Waals surface area contributed by atoms with Crippen LogP contribution in [0.1, 0.15) is 10.4 Å². The van der Waals surface area contributed by atoms with Gasteiger partial charge in [0.2, 0.25) is 0 Å². The van der Waals surface area contributed by atoms with Crippen molar-refractivity contribution in [2.24, 2.45) is 0 Å². The summed E-state index contributed by atoms with van der Waals surface area (Å²) in [4.78, 5) is 22.9. The number of carboxylic acids is 1. The van der Waals surface area contributed by atoms with Gasteiger partial charge in [-0.25, -0.2) is 4.79 Å². The number of hydrogen-bond acceptors (Lipinski definition) is 5. The zero-order valence-corrected chi connectivity index (χ0v) is 11.5. The van der Waals surface area contributed by atoms with E-state index in [9.17, 15) is 9.59 Å². The number of carboxylic acid groups (broad SMARTS) is 1. The van der Waals surface area contributed by atoms with Gasteiger partial charge >= 0.3 is 5.97 Å². The van der Waals surface area contributed by atoms with Gasteiger partial charge in [-0.2, -0.15) is 0 Å². The Hall–Kier alpha value is -2.28. The van der Waals surface area contributed by atoms with Crippen molar-refractivity contribution in [3.8, 4) is 11.5 Å². The van der Waals surface area contributed by atoms with Gasteiger partial charge in [0.1, 0.15) is 0 Å². The molecular weight excluding hydrogens is 266 g/mol. The molecule has 0 radical (unpaired) electrons. The first-order valence-corrected chi connectivity index (χ1v) is 5.78. The zero-order valence-electron chi connectivity index (χ0n) is 11.5. The molecule has 0 spiro atoms. The Morgan fingerprint density at radius 3 is 2.35 bits per heavy atom. The van der Waals surface area contributed by atoms with Gasteiger partial charge in [0, 0.05) is 12.7 Å². The first kappa shape index (κ1) is 15.8. The third-order valence-electron chi connectivity index (χ3n) is 2.58. The summed E-state index contributed by atoms with van der Waals surface area (Å²) in [6, 6.07) is 3.45. The van der Waals surface area contributed by atoms with Crippen molar-refractivity contribution in [3.05, 3.63) is 23.8 Å². The SMILES string of the molecule is COCC(NC(=O)c1ccc(OC)c(OC)c1)C(=O)O. The van der Waals surface area contributed by atoms with Crippen LogP contribution >= 0.6 is 0 Å². The molecule has 0 aliphatic carbocycles.